The van der Waals surface area contributed by atoms with Crippen LogP contribution in [0.15, 0.2) is 24.3 Å². The van der Waals surface area contributed by atoms with E-state index in [0.29, 0.717) is 17.5 Å². The van der Waals surface area contributed by atoms with E-state index in [9.17, 15) is 4.79 Å². The number of hydrogen-bond acceptors (Lipinski definition) is 3. The Hall–Kier alpha value is -0.810. The predicted octanol–water partition coefficient (Wildman–Crippen LogP) is 2.61. The summed E-state index contributed by atoms with van der Waals surface area (Å²) >= 11 is 6.15. The highest BCUT2D eigenvalue weighted by atomic mass is 35.5. The molecule has 3 N–H and O–H groups in total. The van der Waals surface area contributed by atoms with Crippen LogP contribution in [-0.4, -0.2) is 36.5 Å². The van der Waals surface area contributed by atoms with Crippen LogP contribution in [0.2, 0.25) is 5.02 Å². The highest BCUT2D eigenvalue weighted by Crippen LogP contribution is 2.22. The van der Waals surface area contributed by atoms with Gasteiger partial charge in [0.1, 0.15) is 0 Å². The van der Waals surface area contributed by atoms with Crippen LogP contribution >= 0.6 is 24.0 Å². The predicted molar refractivity (Wildman–Crippen MR) is 93.5 cm³/mol. The van der Waals surface area contributed by atoms with Crippen LogP contribution in [0.4, 0.5) is 0 Å². The number of nitrogens with zero attached hydrogens (tertiary/aromatic N) is 1. The first-order valence-electron chi connectivity index (χ1n) is 7.49. The van der Waals surface area contributed by atoms with E-state index in [1.807, 2.05) is 31.2 Å². The lowest BCUT2D eigenvalue weighted by molar-refractivity contribution is -0.123. The van der Waals surface area contributed by atoms with E-state index < -0.39 is 0 Å². The zero-order valence-corrected chi connectivity index (χ0v) is 14.7. The number of nitrogens with two attached hydrogens (primary N) is 1. The molecule has 1 amide bonds. The SMILES string of the molecule is CC(NC(=O)CN1CCC(N)C(C)C1)c1ccccc1Cl.Cl. The van der Waals surface area contributed by atoms with Crippen molar-refractivity contribution < 1.29 is 4.79 Å². The fraction of sp³-hybridized carbons (Fsp3) is 0.562. The average Bonchev–Trinajstić information content (AvgIpc) is 2.43. The minimum atomic E-state index is -0.0873. The standard InChI is InChI=1S/C16H24ClN3O.ClH/c1-11-9-20(8-7-15(11)18)10-16(21)19-12(2)13-5-3-4-6-14(13)17;/h3-6,11-12,15H,7-10,18H2,1-2H3,(H,19,21);1H. The van der Waals surface area contributed by atoms with Crippen molar-refractivity contribution in [1.29, 1.82) is 0 Å². The number of amides is 1. The molecule has 0 spiro atoms. The zero-order valence-electron chi connectivity index (χ0n) is 13.1. The van der Waals surface area contributed by atoms with Crippen molar-refractivity contribution in [1.82, 2.24) is 10.2 Å². The topological polar surface area (TPSA) is 58.4 Å². The van der Waals surface area contributed by atoms with Crippen LogP contribution in [0.25, 0.3) is 0 Å². The first-order valence-corrected chi connectivity index (χ1v) is 7.87. The molecule has 6 heteroatoms. The summed E-state index contributed by atoms with van der Waals surface area (Å²) in [6.45, 7) is 6.29. The first-order chi connectivity index (χ1) is 9.97. The van der Waals surface area contributed by atoms with Gasteiger partial charge in [0.15, 0.2) is 0 Å². The monoisotopic (exact) mass is 345 g/mol. The quantitative estimate of drug-likeness (QED) is 0.881. The molecule has 3 unspecified atom stereocenters. The third-order valence-electron chi connectivity index (χ3n) is 4.17. The van der Waals surface area contributed by atoms with Gasteiger partial charge in [0.05, 0.1) is 12.6 Å². The number of rotatable bonds is 4. The van der Waals surface area contributed by atoms with Gasteiger partial charge in [-0.05, 0) is 30.9 Å². The molecule has 1 aromatic carbocycles. The van der Waals surface area contributed by atoms with E-state index in [1.165, 1.54) is 0 Å². The molecular formula is C16H25Cl2N3O. The van der Waals surface area contributed by atoms with E-state index in [0.717, 1.165) is 25.1 Å². The summed E-state index contributed by atoms with van der Waals surface area (Å²) in [5.41, 5.74) is 6.95. The average molecular weight is 346 g/mol. The summed E-state index contributed by atoms with van der Waals surface area (Å²) in [5.74, 6) is 0.470. The molecule has 0 bridgehead atoms. The van der Waals surface area contributed by atoms with Crippen LogP contribution < -0.4 is 11.1 Å². The van der Waals surface area contributed by atoms with E-state index in [-0.39, 0.29) is 30.4 Å². The van der Waals surface area contributed by atoms with Crippen molar-refractivity contribution in [3.63, 3.8) is 0 Å². The van der Waals surface area contributed by atoms with Gasteiger partial charge in [-0.1, -0.05) is 36.7 Å². The van der Waals surface area contributed by atoms with Crippen molar-refractivity contribution in [2.24, 2.45) is 11.7 Å². The molecule has 1 aromatic rings. The Morgan fingerprint density at radius 3 is 2.82 bits per heavy atom. The van der Waals surface area contributed by atoms with E-state index in [2.05, 4.69) is 17.1 Å². The largest absolute Gasteiger partial charge is 0.348 e. The number of piperidine rings is 1. The highest BCUT2D eigenvalue weighted by Gasteiger charge is 2.24. The van der Waals surface area contributed by atoms with Gasteiger partial charge in [-0.25, -0.2) is 0 Å². The summed E-state index contributed by atoms with van der Waals surface area (Å²) in [6.07, 6.45) is 0.953. The van der Waals surface area contributed by atoms with Crippen LogP contribution in [0.1, 0.15) is 31.9 Å². The molecule has 2 rings (SSSR count). The van der Waals surface area contributed by atoms with Gasteiger partial charge in [0.2, 0.25) is 5.91 Å². The molecule has 0 aliphatic carbocycles. The number of hydrogen-bond donors (Lipinski definition) is 2. The normalized spacial score (nSPS) is 23.5. The molecule has 0 saturated carbocycles. The Morgan fingerprint density at radius 2 is 2.18 bits per heavy atom. The van der Waals surface area contributed by atoms with Gasteiger partial charge < -0.3 is 11.1 Å². The molecule has 0 aromatic heterocycles. The third-order valence-corrected chi connectivity index (χ3v) is 4.52. The molecule has 1 aliphatic heterocycles. The molecule has 1 saturated heterocycles. The van der Waals surface area contributed by atoms with E-state index in [4.69, 9.17) is 17.3 Å². The van der Waals surface area contributed by atoms with Crippen molar-refractivity contribution in [2.45, 2.75) is 32.4 Å². The van der Waals surface area contributed by atoms with Crippen molar-refractivity contribution in [3.8, 4) is 0 Å². The minimum Gasteiger partial charge on any atom is -0.348 e. The second-order valence-electron chi connectivity index (χ2n) is 5.98. The molecule has 22 heavy (non-hydrogen) atoms. The van der Waals surface area contributed by atoms with Gasteiger partial charge in [0.25, 0.3) is 0 Å². The number of carbonyl (C=O) groups is 1. The van der Waals surface area contributed by atoms with Gasteiger partial charge in [-0.15, -0.1) is 12.4 Å². The number of carbonyl (C=O) groups excluding carboxylic acids is 1. The Bertz CT molecular complexity index is 498. The van der Waals surface area contributed by atoms with Crippen molar-refractivity contribution in [2.75, 3.05) is 19.6 Å². The fourth-order valence-corrected chi connectivity index (χ4v) is 3.09. The molecule has 0 radical (unpaired) electrons. The van der Waals surface area contributed by atoms with Gasteiger partial charge >= 0.3 is 0 Å². The van der Waals surface area contributed by atoms with E-state index in [1.54, 1.807) is 0 Å². The maximum Gasteiger partial charge on any atom is 0.234 e. The number of likely N-dealkylation sites (tertiary alicyclic amines) is 1. The summed E-state index contributed by atoms with van der Waals surface area (Å²) < 4.78 is 0. The maximum atomic E-state index is 12.2. The Balaban J connectivity index is 0.00000242. The smallest absolute Gasteiger partial charge is 0.234 e. The molecule has 4 nitrogen and oxygen atoms in total. The minimum absolute atomic E-state index is 0. The van der Waals surface area contributed by atoms with Crippen LogP contribution in [0, 0.1) is 5.92 Å². The van der Waals surface area contributed by atoms with Crippen LogP contribution in [0.3, 0.4) is 0 Å². The molecule has 1 heterocycles. The second-order valence-corrected chi connectivity index (χ2v) is 6.38. The molecule has 1 fully saturated rings. The fourth-order valence-electron chi connectivity index (χ4n) is 2.79. The third kappa shape index (κ3) is 5.13. The highest BCUT2D eigenvalue weighted by molar-refractivity contribution is 6.31. The summed E-state index contributed by atoms with van der Waals surface area (Å²) in [7, 11) is 0. The lowest BCUT2D eigenvalue weighted by Gasteiger charge is -2.34. The van der Waals surface area contributed by atoms with Crippen LogP contribution in [0.5, 0.6) is 0 Å². The molecule has 1 aliphatic rings. The molecular weight excluding hydrogens is 321 g/mol. The summed E-state index contributed by atoms with van der Waals surface area (Å²) in [5, 5.41) is 3.70. The van der Waals surface area contributed by atoms with E-state index >= 15 is 0 Å². The Labute approximate surface area is 143 Å². The van der Waals surface area contributed by atoms with Crippen LogP contribution in [-0.2, 0) is 4.79 Å². The number of nitrogens with one attached hydrogen (secondary N) is 1. The molecule has 3 atom stereocenters. The van der Waals surface area contributed by atoms with Crippen molar-refractivity contribution in [3.05, 3.63) is 34.9 Å². The number of benzene rings is 1. The Kier molecular flexibility index (Phi) is 7.63. The summed E-state index contributed by atoms with van der Waals surface area (Å²) in [6, 6.07) is 7.76. The first kappa shape index (κ1) is 19.2. The zero-order chi connectivity index (χ0) is 15.4. The van der Waals surface area contributed by atoms with Gasteiger partial charge in [0, 0.05) is 24.2 Å². The van der Waals surface area contributed by atoms with Gasteiger partial charge in [-0.3, -0.25) is 9.69 Å². The van der Waals surface area contributed by atoms with Gasteiger partial charge in [-0.2, -0.15) is 0 Å². The lowest BCUT2D eigenvalue weighted by Crippen LogP contribution is -2.49. The summed E-state index contributed by atoms with van der Waals surface area (Å²) in [4.78, 5) is 14.3. The van der Waals surface area contributed by atoms with Crippen molar-refractivity contribution >= 4 is 29.9 Å². The lowest BCUT2D eigenvalue weighted by atomic mass is 9.95. The number of halogens is 2. The second kappa shape index (κ2) is 8.73. The maximum absolute atomic E-state index is 12.2. The molecule has 124 valence electrons. The Morgan fingerprint density at radius 1 is 1.50 bits per heavy atom.